The van der Waals surface area contributed by atoms with Crippen LogP contribution in [0.5, 0.6) is 0 Å². The molecule has 1 aliphatic rings. The third-order valence-electron chi connectivity index (χ3n) is 5.42. The smallest absolute Gasteiger partial charge is 0.233 e. The summed E-state index contributed by atoms with van der Waals surface area (Å²) >= 11 is 1.47. The van der Waals surface area contributed by atoms with E-state index in [1.807, 2.05) is 65.2 Å². The number of benzene rings is 2. The third-order valence-corrected chi connectivity index (χ3v) is 6.34. The number of hydrogen-bond donors (Lipinski definition) is 0. The normalized spacial score (nSPS) is 16.7. The van der Waals surface area contributed by atoms with Crippen LogP contribution in [0.3, 0.4) is 0 Å². The summed E-state index contributed by atoms with van der Waals surface area (Å²) in [6.07, 6.45) is 4.46. The fourth-order valence-corrected chi connectivity index (χ4v) is 4.75. The maximum Gasteiger partial charge on any atom is 0.233 e. The van der Waals surface area contributed by atoms with Crippen molar-refractivity contribution in [2.75, 3.05) is 12.3 Å². The Kier molecular flexibility index (Phi) is 6.30. The zero-order valence-corrected chi connectivity index (χ0v) is 17.5. The van der Waals surface area contributed by atoms with E-state index in [0.717, 1.165) is 48.0 Å². The molecule has 1 aliphatic heterocycles. The molecular weight excluding hydrogens is 380 g/mol. The third kappa shape index (κ3) is 4.37. The number of amides is 1. The molecule has 0 saturated carbocycles. The van der Waals surface area contributed by atoms with Crippen LogP contribution in [0.2, 0.25) is 0 Å². The molecular formula is C23H26N4OS. The fourth-order valence-electron chi connectivity index (χ4n) is 3.91. The number of aromatic nitrogens is 3. The molecule has 3 aromatic rings. The molecule has 1 fully saturated rings. The van der Waals surface area contributed by atoms with Gasteiger partial charge in [-0.05, 0) is 37.8 Å². The first-order chi connectivity index (χ1) is 14.3. The molecule has 0 spiro atoms. The summed E-state index contributed by atoms with van der Waals surface area (Å²) in [6.45, 7) is 3.04. The van der Waals surface area contributed by atoms with Crippen LogP contribution in [0.1, 0.15) is 32.6 Å². The molecule has 1 saturated heterocycles. The molecule has 0 radical (unpaired) electrons. The average molecular weight is 407 g/mol. The number of thioether (sulfide) groups is 1. The second kappa shape index (κ2) is 9.27. The Balaban J connectivity index is 1.59. The lowest BCUT2D eigenvalue weighted by Gasteiger charge is -2.35. The molecule has 1 aromatic heterocycles. The summed E-state index contributed by atoms with van der Waals surface area (Å²) in [7, 11) is 0. The Morgan fingerprint density at radius 2 is 1.76 bits per heavy atom. The quantitative estimate of drug-likeness (QED) is 0.551. The number of nitrogens with zero attached hydrogens (tertiary/aromatic N) is 4. The van der Waals surface area contributed by atoms with Crippen molar-refractivity contribution < 1.29 is 4.79 Å². The summed E-state index contributed by atoms with van der Waals surface area (Å²) in [5, 5.41) is 9.63. The van der Waals surface area contributed by atoms with Crippen LogP contribution in [0.4, 0.5) is 0 Å². The molecule has 0 aliphatic carbocycles. The van der Waals surface area contributed by atoms with Gasteiger partial charge in [-0.1, -0.05) is 67.2 Å². The Bertz CT molecular complexity index is 942. The van der Waals surface area contributed by atoms with Gasteiger partial charge in [-0.3, -0.25) is 9.36 Å². The van der Waals surface area contributed by atoms with Gasteiger partial charge in [-0.25, -0.2) is 0 Å². The lowest BCUT2D eigenvalue weighted by molar-refractivity contribution is -0.132. The Morgan fingerprint density at radius 1 is 1.03 bits per heavy atom. The highest BCUT2D eigenvalue weighted by Gasteiger charge is 2.26. The van der Waals surface area contributed by atoms with E-state index in [4.69, 9.17) is 0 Å². The largest absolute Gasteiger partial charge is 0.339 e. The van der Waals surface area contributed by atoms with Gasteiger partial charge in [0, 0.05) is 23.8 Å². The number of rotatable bonds is 6. The summed E-state index contributed by atoms with van der Waals surface area (Å²) in [5.41, 5.74) is 2.00. The SMILES string of the molecule is CCC1CCCCN1C(=O)CSc1nnc(-c2ccccc2)n1-c1ccccc1. The van der Waals surface area contributed by atoms with E-state index < -0.39 is 0 Å². The van der Waals surface area contributed by atoms with Gasteiger partial charge in [0.1, 0.15) is 0 Å². The van der Waals surface area contributed by atoms with Crippen LogP contribution in [0.25, 0.3) is 17.1 Å². The van der Waals surface area contributed by atoms with E-state index in [0.29, 0.717) is 11.8 Å². The Labute approximate surface area is 176 Å². The second-order valence-corrected chi connectivity index (χ2v) is 8.22. The van der Waals surface area contributed by atoms with Gasteiger partial charge in [-0.15, -0.1) is 10.2 Å². The predicted molar refractivity (Wildman–Crippen MR) is 117 cm³/mol. The highest BCUT2D eigenvalue weighted by Crippen LogP contribution is 2.29. The summed E-state index contributed by atoms with van der Waals surface area (Å²) in [4.78, 5) is 15.0. The van der Waals surface area contributed by atoms with Gasteiger partial charge >= 0.3 is 0 Å². The van der Waals surface area contributed by atoms with E-state index in [-0.39, 0.29) is 5.91 Å². The molecule has 150 valence electrons. The highest BCUT2D eigenvalue weighted by atomic mass is 32.2. The van der Waals surface area contributed by atoms with E-state index in [9.17, 15) is 4.79 Å². The van der Waals surface area contributed by atoms with E-state index in [1.54, 1.807) is 0 Å². The van der Waals surface area contributed by atoms with Crippen LogP contribution in [0, 0.1) is 0 Å². The monoisotopic (exact) mass is 406 g/mol. The van der Waals surface area contributed by atoms with E-state index in [2.05, 4.69) is 22.0 Å². The van der Waals surface area contributed by atoms with E-state index in [1.165, 1.54) is 18.2 Å². The van der Waals surface area contributed by atoms with Crippen LogP contribution in [-0.2, 0) is 4.79 Å². The topological polar surface area (TPSA) is 51.0 Å². The molecule has 1 amide bonds. The van der Waals surface area contributed by atoms with Crippen molar-refractivity contribution in [2.24, 2.45) is 0 Å². The molecule has 2 heterocycles. The number of carbonyl (C=O) groups excluding carboxylic acids is 1. The van der Waals surface area contributed by atoms with Crippen molar-refractivity contribution in [1.29, 1.82) is 0 Å². The van der Waals surface area contributed by atoms with Crippen LogP contribution < -0.4 is 0 Å². The van der Waals surface area contributed by atoms with Gasteiger partial charge in [0.15, 0.2) is 11.0 Å². The first-order valence-corrected chi connectivity index (χ1v) is 11.2. The fraction of sp³-hybridized carbons (Fsp3) is 0.348. The molecule has 1 atom stereocenters. The lowest BCUT2D eigenvalue weighted by Crippen LogP contribution is -2.44. The molecule has 2 aromatic carbocycles. The minimum Gasteiger partial charge on any atom is -0.339 e. The second-order valence-electron chi connectivity index (χ2n) is 7.28. The maximum absolute atomic E-state index is 12.9. The minimum atomic E-state index is 0.199. The van der Waals surface area contributed by atoms with Crippen molar-refractivity contribution >= 4 is 17.7 Å². The lowest BCUT2D eigenvalue weighted by atomic mass is 10.0. The molecule has 0 N–H and O–H groups in total. The molecule has 29 heavy (non-hydrogen) atoms. The number of carbonyl (C=O) groups is 1. The van der Waals surface area contributed by atoms with Crippen LogP contribution >= 0.6 is 11.8 Å². The molecule has 1 unspecified atom stereocenters. The number of likely N-dealkylation sites (tertiary alicyclic amines) is 1. The Morgan fingerprint density at radius 3 is 2.48 bits per heavy atom. The number of piperidine rings is 1. The van der Waals surface area contributed by atoms with Gasteiger partial charge in [0.05, 0.1) is 5.75 Å². The van der Waals surface area contributed by atoms with Gasteiger partial charge < -0.3 is 4.90 Å². The molecule has 4 rings (SSSR count). The maximum atomic E-state index is 12.9. The van der Waals surface area contributed by atoms with Crippen LogP contribution in [-0.4, -0.2) is 43.9 Å². The average Bonchev–Trinajstić information content (AvgIpc) is 3.22. The summed E-state index contributed by atoms with van der Waals surface area (Å²) < 4.78 is 2.04. The predicted octanol–water partition coefficient (Wildman–Crippen LogP) is 4.82. The van der Waals surface area contributed by atoms with Gasteiger partial charge in [0.2, 0.25) is 5.91 Å². The highest BCUT2D eigenvalue weighted by molar-refractivity contribution is 7.99. The summed E-state index contributed by atoms with van der Waals surface area (Å²) in [6, 6.07) is 20.5. The molecule has 5 nitrogen and oxygen atoms in total. The van der Waals surface area contributed by atoms with Crippen molar-refractivity contribution in [1.82, 2.24) is 19.7 Å². The zero-order chi connectivity index (χ0) is 20.1. The number of para-hydroxylation sites is 1. The first kappa shape index (κ1) is 19.7. The minimum absolute atomic E-state index is 0.199. The van der Waals surface area contributed by atoms with Crippen molar-refractivity contribution in [2.45, 2.75) is 43.8 Å². The van der Waals surface area contributed by atoms with E-state index >= 15 is 0 Å². The van der Waals surface area contributed by atoms with Crippen molar-refractivity contribution in [3.8, 4) is 17.1 Å². The van der Waals surface area contributed by atoms with Crippen LogP contribution in [0.15, 0.2) is 65.8 Å². The number of hydrogen-bond acceptors (Lipinski definition) is 4. The van der Waals surface area contributed by atoms with Gasteiger partial charge in [0.25, 0.3) is 0 Å². The Hall–Kier alpha value is -2.60. The standard InChI is InChI=1S/C23H26N4OS/c1-2-19-13-9-10-16-26(19)21(28)17-29-23-25-24-22(18-11-5-3-6-12-18)27(23)20-14-7-4-8-15-20/h3-8,11-12,14-15,19H,2,9-10,13,16-17H2,1H3. The zero-order valence-electron chi connectivity index (χ0n) is 16.7. The van der Waals surface area contributed by atoms with Crippen molar-refractivity contribution in [3.05, 3.63) is 60.7 Å². The first-order valence-electron chi connectivity index (χ1n) is 10.3. The summed E-state index contributed by atoms with van der Waals surface area (Å²) in [5.74, 6) is 1.37. The molecule has 6 heteroatoms. The molecule has 0 bridgehead atoms. The van der Waals surface area contributed by atoms with Crippen molar-refractivity contribution in [3.63, 3.8) is 0 Å². The van der Waals surface area contributed by atoms with Gasteiger partial charge in [-0.2, -0.15) is 0 Å².